The van der Waals surface area contributed by atoms with Gasteiger partial charge in [0.05, 0.1) is 16.8 Å². The Bertz CT molecular complexity index is 2760. The molecule has 0 unspecified atom stereocenters. The molecule has 0 fully saturated rings. The van der Waals surface area contributed by atoms with Crippen LogP contribution in [-0.4, -0.2) is 0 Å². The Kier molecular flexibility index (Phi) is 5.95. The lowest BCUT2D eigenvalue weighted by atomic mass is 9.82. The van der Waals surface area contributed by atoms with Crippen molar-refractivity contribution in [3.63, 3.8) is 0 Å². The summed E-state index contributed by atoms with van der Waals surface area (Å²) in [5, 5.41) is 7.07. The van der Waals surface area contributed by atoms with Gasteiger partial charge < -0.3 is 9.32 Å². The lowest BCUT2D eigenvalue weighted by Gasteiger charge is -2.30. The molecule has 49 heavy (non-hydrogen) atoms. The number of fused-ring (bicyclic) bond motifs is 8. The number of benzene rings is 8. The second kappa shape index (κ2) is 10.4. The van der Waals surface area contributed by atoms with Crippen LogP contribution in [0.5, 0.6) is 0 Å². The van der Waals surface area contributed by atoms with Crippen molar-refractivity contribution < 1.29 is 4.42 Å². The quantitative estimate of drug-likeness (QED) is 0.193. The first-order valence-electron chi connectivity index (χ1n) is 17.0. The summed E-state index contributed by atoms with van der Waals surface area (Å²) in [6.07, 6.45) is 0. The normalized spacial score (nSPS) is 13.3. The lowest BCUT2D eigenvalue weighted by molar-refractivity contribution is 0.660. The fraction of sp³-hybridized carbons (Fsp3) is 0.0638. The maximum absolute atomic E-state index is 6.88. The molecular weight excluding hydrogens is 595 g/mol. The van der Waals surface area contributed by atoms with Crippen LogP contribution in [0.2, 0.25) is 0 Å². The number of hydrogen-bond acceptors (Lipinski definition) is 2. The van der Waals surface area contributed by atoms with Crippen LogP contribution in [0.15, 0.2) is 168 Å². The van der Waals surface area contributed by atoms with Crippen molar-refractivity contribution in [1.29, 1.82) is 0 Å². The largest absolute Gasteiger partial charge is 0.455 e. The molecule has 232 valence electrons. The van der Waals surface area contributed by atoms with Gasteiger partial charge in [-0.15, -0.1) is 0 Å². The van der Waals surface area contributed by atoms with Crippen LogP contribution < -0.4 is 4.90 Å². The van der Waals surface area contributed by atoms with Gasteiger partial charge in [0.2, 0.25) is 0 Å². The Balaban J connectivity index is 1.33. The smallest absolute Gasteiger partial charge is 0.145 e. The van der Waals surface area contributed by atoms with Gasteiger partial charge in [0, 0.05) is 27.6 Å². The average Bonchev–Trinajstić information content (AvgIpc) is 3.65. The number of anilines is 3. The molecule has 1 aliphatic rings. The van der Waals surface area contributed by atoms with Crippen molar-refractivity contribution in [2.75, 3.05) is 4.90 Å². The summed E-state index contributed by atoms with van der Waals surface area (Å²) in [6.45, 7) is 4.70. The highest BCUT2D eigenvalue weighted by molar-refractivity contribution is 6.19. The minimum Gasteiger partial charge on any atom is -0.455 e. The molecule has 9 aromatic rings. The van der Waals surface area contributed by atoms with Crippen LogP contribution in [0.3, 0.4) is 0 Å². The van der Waals surface area contributed by atoms with Crippen LogP contribution in [0, 0.1) is 0 Å². The van der Waals surface area contributed by atoms with E-state index in [4.69, 9.17) is 4.42 Å². The zero-order valence-corrected chi connectivity index (χ0v) is 27.4. The highest BCUT2D eigenvalue weighted by Crippen LogP contribution is 2.55. The third-order valence-electron chi connectivity index (χ3n) is 10.6. The van der Waals surface area contributed by atoms with Crippen molar-refractivity contribution in [1.82, 2.24) is 0 Å². The van der Waals surface area contributed by atoms with Crippen molar-refractivity contribution in [3.8, 4) is 22.3 Å². The Hall–Kier alpha value is -6.12. The van der Waals surface area contributed by atoms with E-state index in [1.54, 1.807) is 0 Å². The van der Waals surface area contributed by atoms with E-state index >= 15 is 0 Å². The van der Waals surface area contributed by atoms with Crippen LogP contribution >= 0.6 is 0 Å². The summed E-state index contributed by atoms with van der Waals surface area (Å²) < 4.78 is 6.88. The first kappa shape index (κ1) is 27.9. The standard InChI is InChI=1S/C47H33NO/c1-47(2)39-21-9-7-18-37(39)44-40(47)22-12-23-41(44)48(33-26-25-30-13-3-4-15-32(30)29-33)42-28-27-36(35-20-11-16-31-14-5-6-17-34(31)35)46-45(42)38-19-8-10-24-43(38)49-46/h3-29H,1-2H3. The molecule has 0 amide bonds. The molecule has 0 radical (unpaired) electrons. The van der Waals surface area contributed by atoms with Crippen LogP contribution in [0.25, 0.3) is 65.7 Å². The minimum absolute atomic E-state index is 0.118. The van der Waals surface area contributed by atoms with Gasteiger partial charge >= 0.3 is 0 Å². The van der Waals surface area contributed by atoms with E-state index in [1.807, 2.05) is 0 Å². The van der Waals surface area contributed by atoms with Gasteiger partial charge in [-0.05, 0) is 80.2 Å². The Morgan fingerprint density at radius 2 is 1.14 bits per heavy atom. The third kappa shape index (κ3) is 4.07. The number of nitrogens with zero attached hydrogens (tertiary/aromatic N) is 1. The van der Waals surface area contributed by atoms with Crippen molar-refractivity contribution >= 4 is 60.5 Å². The molecule has 8 aromatic carbocycles. The zero-order chi connectivity index (χ0) is 32.7. The molecule has 1 heterocycles. The lowest BCUT2D eigenvalue weighted by Crippen LogP contribution is -2.16. The Labute approximate surface area is 285 Å². The van der Waals surface area contributed by atoms with E-state index in [0.29, 0.717) is 0 Å². The summed E-state index contributed by atoms with van der Waals surface area (Å²) in [5.74, 6) is 0. The molecule has 0 N–H and O–H groups in total. The molecule has 0 saturated heterocycles. The van der Waals surface area contributed by atoms with Crippen molar-refractivity contribution in [2.45, 2.75) is 19.3 Å². The monoisotopic (exact) mass is 627 g/mol. The van der Waals surface area contributed by atoms with Gasteiger partial charge in [-0.3, -0.25) is 0 Å². The van der Waals surface area contributed by atoms with E-state index in [2.05, 4.69) is 183 Å². The maximum Gasteiger partial charge on any atom is 0.145 e. The number of para-hydroxylation sites is 1. The summed E-state index contributed by atoms with van der Waals surface area (Å²) in [7, 11) is 0. The van der Waals surface area contributed by atoms with E-state index in [-0.39, 0.29) is 5.41 Å². The number of hydrogen-bond donors (Lipinski definition) is 0. The Morgan fingerprint density at radius 3 is 2.04 bits per heavy atom. The van der Waals surface area contributed by atoms with Crippen LogP contribution in [0.4, 0.5) is 17.1 Å². The molecule has 1 aromatic heterocycles. The first-order valence-corrected chi connectivity index (χ1v) is 17.0. The highest BCUT2D eigenvalue weighted by Gasteiger charge is 2.38. The van der Waals surface area contributed by atoms with Crippen molar-refractivity contribution in [2.24, 2.45) is 0 Å². The molecule has 0 atom stereocenters. The second-order valence-corrected chi connectivity index (χ2v) is 13.7. The molecular formula is C47H33NO. The number of furan rings is 1. The summed E-state index contributed by atoms with van der Waals surface area (Å²) >= 11 is 0. The van der Waals surface area contributed by atoms with E-state index in [9.17, 15) is 0 Å². The fourth-order valence-electron chi connectivity index (χ4n) is 8.31. The molecule has 0 saturated carbocycles. The van der Waals surface area contributed by atoms with Gasteiger partial charge in [0.1, 0.15) is 11.2 Å². The van der Waals surface area contributed by atoms with E-state index < -0.39 is 0 Å². The molecule has 0 spiro atoms. The molecule has 0 bridgehead atoms. The van der Waals surface area contributed by atoms with Gasteiger partial charge in [0.25, 0.3) is 0 Å². The van der Waals surface area contributed by atoms with Crippen LogP contribution in [-0.2, 0) is 5.41 Å². The van der Waals surface area contributed by atoms with E-state index in [0.717, 1.165) is 44.6 Å². The highest BCUT2D eigenvalue weighted by atomic mass is 16.3. The molecule has 2 heteroatoms. The second-order valence-electron chi connectivity index (χ2n) is 13.7. The topological polar surface area (TPSA) is 16.4 Å². The minimum atomic E-state index is -0.118. The predicted molar refractivity (Wildman–Crippen MR) is 206 cm³/mol. The summed E-state index contributed by atoms with van der Waals surface area (Å²) in [6, 6.07) is 59.4. The number of rotatable bonds is 4. The summed E-state index contributed by atoms with van der Waals surface area (Å²) in [4.78, 5) is 2.47. The van der Waals surface area contributed by atoms with Gasteiger partial charge in [0.15, 0.2) is 0 Å². The zero-order valence-electron chi connectivity index (χ0n) is 27.4. The Morgan fingerprint density at radius 1 is 0.469 bits per heavy atom. The predicted octanol–water partition coefficient (Wildman–Crippen LogP) is 13.3. The average molecular weight is 628 g/mol. The fourth-order valence-corrected chi connectivity index (χ4v) is 8.31. The molecule has 0 aliphatic heterocycles. The van der Waals surface area contributed by atoms with Crippen LogP contribution in [0.1, 0.15) is 25.0 Å². The SMILES string of the molecule is CC1(C)c2ccccc2-c2c(N(c3ccc4ccccc4c3)c3ccc(-c4cccc5ccccc45)c4oc5ccccc5c34)cccc21. The summed E-state index contributed by atoms with van der Waals surface area (Å²) in [5.41, 5.74) is 12.6. The van der Waals surface area contributed by atoms with E-state index in [1.165, 1.54) is 49.4 Å². The van der Waals surface area contributed by atoms with Gasteiger partial charge in [-0.2, -0.15) is 0 Å². The molecule has 2 nitrogen and oxygen atoms in total. The molecule has 10 rings (SSSR count). The van der Waals surface area contributed by atoms with Crippen molar-refractivity contribution in [3.05, 3.63) is 175 Å². The first-order chi connectivity index (χ1) is 24.1. The van der Waals surface area contributed by atoms with Gasteiger partial charge in [-0.25, -0.2) is 0 Å². The van der Waals surface area contributed by atoms with Gasteiger partial charge in [-0.1, -0.05) is 141 Å². The third-order valence-corrected chi connectivity index (χ3v) is 10.6. The maximum atomic E-state index is 6.88. The molecule has 1 aliphatic carbocycles.